The summed E-state index contributed by atoms with van der Waals surface area (Å²) in [5.74, 6) is 1.68. The summed E-state index contributed by atoms with van der Waals surface area (Å²) >= 11 is 1.49. The van der Waals surface area contributed by atoms with E-state index in [1.54, 1.807) is 12.4 Å². The number of aryl methyl sites for hydroxylation is 1. The van der Waals surface area contributed by atoms with E-state index in [2.05, 4.69) is 14.3 Å². The largest absolute Gasteiger partial charge is 0.345 e. The van der Waals surface area contributed by atoms with Gasteiger partial charge in [0, 0.05) is 56.0 Å². The molecule has 0 N–H and O–H groups in total. The molecule has 0 aromatic carbocycles. The molecule has 2 aliphatic rings. The van der Waals surface area contributed by atoms with Crippen LogP contribution in [-0.2, 0) is 0 Å². The maximum atomic E-state index is 12.7. The Kier molecular flexibility index (Phi) is 4.18. The molecule has 0 atom stereocenters. The Hall–Kier alpha value is -2.02. The summed E-state index contributed by atoms with van der Waals surface area (Å²) in [5, 5.41) is 1.00. The molecule has 1 aliphatic carbocycles. The van der Waals surface area contributed by atoms with Gasteiger partial charge in [-0.25, -0.2) is 4.98 Å². The molecule has 7 heteroatoms. The third-order valence-electron chi connectivity index (χ3n) is 4.55. The van der Waals surface area contributed by atoms with Gasteiger partial charge in [0.15, 0.2) is 0 Å². The minimum atomic E-state index is 0.0731. The van der Waals surface area contributed by atoms with E-state index in [-0.39, 0.29) is 5.91 Å². The van der Waals surface area contributed by atoms with Gasteiger partial charge in [-0.3, -0.25) is 9.78 Å². The summed E-state index contributed by atoms with van der Waals surface area (Å²) in [4.78, 5) is 25.7. The Morgan fingerprint density at radius 1 is 1.21 bits per heavy atom. The van der Waals surface area contributed by atoms with Crippen LogP contribution < -0.4 is 4.90 Å². The van der Waals surface area contributed by atoms with E-state index in [4.69, 9.17) is 4.98 Å². The standard InChI is InChI=1S/C17H21N5OS/c1-12-9-14(11-18-10-12)16(23)21-5-2-6-22(8-7-21)17-19-15(20-24-17)13-3-4-13/h9-11,13H,2-8H2,1H3. The molecule has 1 saturated carbocycles. The number of nitrogens with zero attached hydrogens (tertiary/aromatic N) is 5. The third kappa shape index (κ3) is 3.26. The van der Waals surface area contributed by atoms with Crippen molar-refractivity contribution in [2.75, 3.05) is 31.1 Å². The van der Waals surface area contributed by atoms with Gasteiger partial charge in [0.2, 0.25) is 5.13 Å². The van der Waals surface area contributed by atoms with Gasteiger partial charge >= 0.3 is 0 Å². The molecule has 2 aromatic heterocycles. The molecule has 24 heavy (non-hydrogen) atoms. The first-order chi connectivity index (χ1) is 11.7. The zero-order valence-corrected chi connectivity index (χ0v) is 14.6. The van der Waals surface area contributed by atoms with Gasteiger partial charge in [0.1, 0.15) is 5.82 Å². The molecule has 1 aliphatic heterocycles. The molecular formula is C17H21N5OS. The van der Waals surface area contributed by atoms with Crippen molar-refractivity contribution in [3.63, 3.8) is 0 Å². The van der Waals surface area contributed by atoms with Crippen molar-refractivity contribution in [1.29, 1.82) is 0 Å². The van der Waals surface area contributed by atoms with E-state index < -0.39 is 0 Å². The second-order valence-corrected chi connectivity index (χ2v) is 7.32. The molecule has 6 nitrogen and oxygen atoms in total. The maximum absolute atomic E-state index is 12.7. The molecular weight excluding hydrogens is 322 g/mol. The van der Waals surface area contributed by atoms with Crippen LogP contribution in [0, 0.1) is 6.92 Å². The second-order valence-electron chi connectivity index (χ2n) is 6.59. The van der Waals surface area contributed by atoms with Gasteiger partial charge in [-0.15, -0.1) is 0 Å². The average Bonchev–Trinajstić information content (AvgIpc) is 3.37. The minimum absolute atomic E-state index is 0.0731. The summed E-state index contributed by atoms with van der Waals surface area (Å²) in [7, 11) is 0. The first-order valence-electron chi connectivity index (χ1n) is 8.50. The number of carbonyl (C=O) groups is 1. The van der Waals surface area contributed by atoms with Gasteiger partial charge in [-0.2, -0.15) is 4.37 Å². The quantitative estimate of drug-likeness (QED) is 0.857. The summed E-state index contributed by atoms with van der Waals surface area (Å²) in [6, 6.07) is 1.91. The number of anilines is 1. The number of rotatable bonds is 3. The Bertz CT molecular complexity index is 742. The molecule has 2 aromatic rings. The molecule has 0 unspecified atom stereocenters. The highest BCUT2D eigenvalue weighted by Crippen LogP contribution is 2.39. The molecule has 1 saturated heterocycles. The molecule has 2 fully saturated rings. The number of aromatic nitrogens is 3. The smallest absolute Gasteiger partial charge is 0.255 e. The zero-order chi connectivity index (χ0) is 16.5. The topological polar surface area (TPSA) is 62.2 Å². The van der Waals surface area contributed by atoms with E-state index >= 15 is 0 Å². The predicted molar refractivity (Wildman–Crippen MR) is 93.6 cm³/mol. The minimum Gasteiger partial charge on any atom is -0.345 e. The van der Waals surface area contributed by atoms with Crippen molar-refractivity contribution in [2.45, 2.75) is 32.1 Å². The number of hydrogen-bond acceptors (Lipinski definition) is 6. The van der Waals surface area contributed by atoms with Crippen molar-refractivity contribution in [1.82, 2.24) is 19.2 Å². The molecule has 0 spiro atoms. The van der Waals surface area contributed by atoms with Crippen molar-refractivity contribution in [3.05, 3.63) is 35.4 Å². The number of amides is 1. The van der Waals surface area contributed by atoms with Crippen LogP contribution in [0.15, 0.2) is 18.5 Å². The molecule has 126 valence electrons. The van der Waals surface area contributed by atoms with E-state index in [0.29, 0.717) is 18.0 Å². The summed E-state index contributed by atoms with van der Waals surface area (Å²) in [5.41, 5.74) is 1.69. The van der Waals surface area contributed by atoms with Crippen LogP contribution in [0.1, 0.15) is 46.9 Å². The molecule has 3 heterocycles. The normalized spacial score (nSPS) is 18.5. The first kappa shape index (κ1) is 15.5. The molecule has 1 amide bonds. The van der Waals surface area contributed by atoms with E-state index in [1.807, 2.05) is 17.9 Å². The van der Waals surface area contributed by atoms with Gasteiger partial charge in [0.05, 0.1) is 5.56 Å². The fraction of sp³-hybridized carbons (Fsp3) is 0.529. The van der Waals surface area contributed by atoms with Gasteiger partial charge in [-0.05, 0) is 37.8 Å². The lowest BCUT2D eigenvalue weighted by atomic mass is 10.2. The van der Waals surface area contributed by atoms with Gasteiger partial charge in [0.25, 0.3) is 5.91 Å². The van der Waals surface area contributed by atoms with Crippen molar-refractivity contribution in [2.24, 2.45) is 0 Å². The van der Waals surface area contributed by atoms with Gasteiger partial charge < -0.3 is 9.80 Å². The Balaban J connectivity index is 1.42. The maximum Gasteiger partial charge on any atom is 0.255 e. The average molecular weight is 343 g/mol. The van der Waals surface area contributed by atoms with Gasteiger partial charge in [-0.1, -0.05) is 0 Å². The van der Waals surface area contributed by atoms with Crippen LogP contribution in [0.25, 0.3) is 0 Å². The molecule has 0 bridgehead atoms. The lowest BCUT2D eigenvalue weighted by molar-refractivity contribution is 0.0766. The zero-order valence-electron chi connectivity index (χ0n) is 13.8. The lowest BCUT2D eigenvalue weighted by Gasteiger charge is -2.21. The van der Waals surface area contributed by atoms with Crippen LogP contribution in [-0.4, -0.2) is 51.3 Å². The Labute approximate surface area is 145 Å². The number of pyridine rings is 1. The number of hydrogen-bond donors (Lipinski definition) is 0. The Morgan fingerprint density at radius 3 is 2.88 bits per heavy atom. The van der Waals surface area contributed by atoms with Crippen LogP contribution in [0.2, 0.25) is 0 Å². The van der Waals surface area contributed by atoms with Crippen LogP contribution in [0.4, 0.5) is 5.13 Å². The first-order valence-corrected chi connectivity index (χ1v) is 9.27. The van der Waals surface area contributed by atoms with Crippen molar-refractivity contribution < 1.29 is 4.79 Å². The van der Waals surface area contributed by atoms with E-state index in [0.717, 1.165) is 42.6 Å². The molecule has 0 radical (unpaired) electrons. The van der Waals surface area contributed by atoms with Crippen LogP contribution >= 0.6 is 11.5 Å². The summed E-state index contributed by atoms with van der Waals surface area (Å²) in [6.45, 7) is 5.18. The van der Waals surface area contributed by atoms with Crippen LogP contribution in [0.3, 0.4) is 0 Å². The van der Waals surface area contributed by atoms with E-state index in [1.165, 1.54) is 24.4 Å². The molecule has 4 rings (SSSR count). The summed E-state index contributed by atoms with van der Waals surface area (Å²) < 4.78 is 4.50. The van der Waals surface area contributed by atoms with E-state index in [9.17, 15) is 4.79 Å². The predicted octanol–water partition coefficient (Wildman–Crippen LogP) is 2.47. The monoisotopic (exact) mass is 343 g/mol. The number of carbonyl (C=O) groups excluding carboxylic acids is 1. The highest BCUT2D eigenvalue weighted by molar-refractivity contribution is 7.09. The van der Waals surface area contributed by atoms with Crippen molar-refractivity contribution in [3.8, 4) is 0 Å². The SMILES string of the molecule is Cc1cncc(C(=O)N2CCCN(c3nc(C4CC4)ns3)CC2)c1. The fourth-order valence-corrected chi connectivity index (χ4v) is 3.83. The Morgan fingerprint density at radius 2 is 2.08 bits per heavy atom. The fourth-order valence-electron chi connectivity index (χ4n) is 3.03. The van der Waals surface area contributed by atoms with Crippen LogP contribution in [0.5, 0.6) is 0 Å². The second kappa shape index (κ2) is 6.47. The lowest BCUT2D eigenvalue weighted by Crippen LogP contribution is -2.35. The highest BCUT2D eigenvalue weighted by atomic mass is 32.1. The highest BCUT2D eigenvalue weighted by Gasteiger charge is 2.29. The third-order valence-corrected chi connectivity index (χ3v) is 5.34. The summed E-state index contributed by atoms with van der Waals surface area (Å²) in [6.07, 6.45) is 6.83. The van der Waals surface area contributed by atoms with Crippen molar-refractivity contribution >= 4 is 22.6 Å².